The molecule has 0 aliphatic heterocycles. The Bertz CT molecular complexity index is 1350. The van der Waals surface area contributed by atoms with Crippen molar-refractivity contribution in [3.05, 3.63) is 92.8 Å². The molecule has 4 rings (SSSR count). The largest absolute Gasteiger partial charge is 0.467 e. The first-order valence-corrected chi connectivity index (χ1v) is 11.1. The number of rotatable bonds is 6. The number of hydrogen-bond acceptors (Lipinski definition) is 4. The van der Waals surface area contributed by atoms with E-state index >= 15 is 0 Å². The first-order chi connectivity index (χ1) is 15.9. The number of nitrogens with one attached hydrogen (secondary N) is 1. The third kappa shape index (κ3) is 4.74. The first-order valence-electron chi connectivity index (χ1n) is 10.4. The van der Waals surface area contributed by atoms with E-state index in [-0.39, 0.29) is 18.1 Å². The molecule has 2 aromatic heterocycles. The summed E-state index contributed by atoms with van der Waals surface area (Å²) in [6, 6.07) is 14.7. The van der Waals surface area contributed by atoms with E-state index in [0.29, 0.717) is 44.6 Å². The van der Waals surface area contributed by atoms with Gasteiger partial charge in [-0.25, -0.2) is 9.78 Å². The Balaban J connectivity index is 1.76. The molecule has 33 heavy (non-hydrogen) atoms. The summed E-state index contributed by atoms with van der Waals surface area (Å²) in [7, 11) is 1.67. The molecule has 2 amide bonds. The smallest absolute Gasteiger partial charge is 0.322 e. The van der Waals surface area contributed by atoms with E-state index in [4.69, 9.17) is 32.6 Å². The van der Waals surface area contributed by atoms with Gasteiger partial charge < -0.3 is 14.6 Å². The zero-order chi connectivity index (χ0) is 23.5. The van der Waals surface area contributed by atoms with Crippen molar-refractivity contribution in [1.82, 2.24) is 14.5 Å². The lowest BCUT2D eigenvalue weighted by Gasteiger charge is -2.31. The number of amides is 2. The number of carbonyl (C=O) groups is 1. The Morgan fingerprint density at radius 2 is 1.94 bits per heavy atom. The molecule has 2 aromatic carbocycles. The number of nitrogens with zero attached hydrogens (tertiary/aromatic N) is 3. The average Bonchev–Trinajstić information content (AvgIpc) is 3.32. The van der Waals surface area contributed by atoms with Crippen LogP contribution in [-0.4, -0.2) is 20.5 Å². The minimum absolute atomic E-state index is 0.170. The summed E-state index contributed by atoms with van der Waals surface area (Å²) in [5, 5.41) is 4.11. The monoisotopic (exact) mass is 484 g/mol. The molecule has 4 aromatic rings. The number of anilines is 1. The Kier molecular flexibility index (Phi) is 6.72. The van der Waals surface area contributed by atoms with Gasteiger partial charge in [0, 0.05) is 12.7 Å². The molecule has 0 radical (unpaired) electrons. The van der Waals surface area contributed by atoms with Gasteiger partial charge in [0.25, 0.3) is 5.56 Å². The number of fused-ring (bicyclic) bond motifs is 1. The second-order valence-corrected chi connectivity index (χ2v) is 8.36. The number of benzene rings is 2. The minimum Gasteiger partial charge on any atom is -0.467 e. The molecule has 0 aliphatic carbocycles. The van der Waals surface area contributed by atoms with Crippen LogP contribution in [0.1, 0.15) is 31.0 Å². The lowest BCUT2D eigenvalue weighted by Crippen LogP contribution is -2.40. The molecule has 0 saturated carbocycles. The van der Waals surface area contributed by atoms with Crippen molar-refractivity contribution in [2.45, 2.75) is 25.9 Å². The van der Waals surface area contributed by atoms with Gasteiger partial charge in [0.2, 0.25) is 0 Å². The third-order valence-corrected chi connectivity index (χ3v) is 6.16. The summed E-state index contributed by atoms with van der Waals surface area (Å²) in [5.74, 6) is 1.08. The molecular formula is C24H22Cl2N4O3. The summed E-state index contributed by atoms with van der Waals surface area (Å²) in [6.07, 6.45) is 2.07. The summed E-state index contributed by atoms with van der Waals surface area (Å²) < 4.78 is 7.00. The number of halogens is 2. The van der Waals surface area contributed by atoms with Crippen molar-refractivity contribution in [2.75, 3.05) is 5.32 Å². The van der Waals surface area contributed by atoms with Crippen LogP contribution in [0.3, 0.4) is 0 Å². The van der Waals surface area contributed by atoms with Crippen LogP contribution < -0.4 is 10.9 Å². The molecule has 0 bridgehead atoms. The SMILES string of the molecule is CCC(c1nc2ccccc2c(=O)n1C)N(Cc1ccco1)C(=O)Nc1ccc(Cl)c(Cl)c1. The molecule has 9 heteroatoms. The van der Waals surface area contributed by atoms with Gasteiger partial charge in [-0.2, -0.15) is 0 Å². The molecule has 7 nitrogen and oxygen atoms in total. The van der Waals surface area contributed by atoms with Gasteiger partial charge in [-0.3, -0.25) is 9.36 Å². The van der Waals surface area contributed by atoms with Gasteiger partial charge in [-0.1, -0.05) is 42.3 Å². The maximum Gasteiger partial charge on any atom is 0.322 e. The van der Waals surface area contributed by atoms with Gasteiger partial charge in [-0.05, 0) is 48.9 Å². The Morgan fingerprint density at radius 3 is 2.64 bits per heavy atom. The van der Waals surface area contributed by atoms with Crippen LogP contribution >= 0.6 is 23.2 Å². The molecule has 1 unspecified atom stereocenters. The minimum atomic E-state index is -0.500. The van der Waals surface area contributed by atoms with Crippen LogP contribution in [0.5, 0.6) is 0 Å². The van der Waals surface area contributed by atoms with E-state index in [1.165, 1.54) is 4.57 Å². The van der Waals surface area contributed by atoms with Crippen LogP contribution in [0.25, 0.3) is 10.9 Å². The van der Waals surface area contributed by atoms with E-state index in [0.717, 1.165) is 0 Å². The molecule has 0 saturated heterocycles. The highest BCUT2D eigenvalue weighted by Gasteiger charge is 2.29. The molecule has 2 heterocycles. The fraction of sp³-hybridized carbons (Fsp3) is 0.208. The second-order valence-electron chi connectivity index (χ2n) is 7.54. The highest BCUT2D eigenvalue weighted by molar-refractivity contribution is 6.42. The zero-order valence-electron chi connectivity index (χ0n) is 18.1. The van der Waals surface area contributed by atoms with Crippen molar-refractivity contribution >= 4 is 45.8 Å². The fourth-order valence-corrected chi connectivity index (χ4v) is 4.04. The summed E-state index contributed by atoms with van der Waals surface area (Å²) in [6.45, 7) is 2.12. The van der Waals surface area contributed by atoms with Crippen LogP contribution in [-0.2, 0) is 13.6 Å². The van der Waals surface area contributed by atoms with E-state index in [2.05, 4.69) is 5.32 Å². The number of aromatic nitrogens is 2. The molecular weight excluding hydrogens is 463 g/mol. The summed E-state index contributed by atoms with van der Waals surface area (Å²) in [4.78, 5) is 32.8. The van der Waals surface area contributed by atoms with E-state index in [1.807, 2.05) is 13.0 Å². The molecule has 0 aliphatic rings. The lowest BCUT2D eigenvalue weighted by molar-refractivity contribution is 0.169. The standard InChI is InChI=1S/C24H22Cl2N4O3/c1-3-21(22-28-20-9-5-4-8-17(20)23(31)29(22)2)30(14-16-7-6-12-33-16)24(32)27-15-10-11-18(25)19(26)13-15/h4-13,21H,3,14H2,1-2H3,(H,27,32). The van der Waals surface area contributed by atoms with Gasteiger partial charge in [0.15, 0.2) is 0 Å². The van der Waals surface area contributed by atoms with Crippen molar-refractivity contribution < 1.29 is 9.21 Å². The number of carbonyl (C=O) groups excluding carboxylic acids is 1. The maximum atomic E-state index is 13.5. The maximum absolute atomic E-state index is 13.5. The molecule has 0 spiro atoms. The quantitative estimate of drug-likeness (QED) is 0.362. The number of urea groups is 1. The Labute approximate surface area is 200 Å². The first kappa shape index (κ1) is 22.9. The average molecular weight is 485 g/mol. The molecule has 1 atom stereocenters. The lowest BCUT2D eigenvalue weighted by atomic mass is 10.1. The van der Waals surface area contributed by atoms with Gasteiger partial charge in [0.05, 0.1) is 39.8 Å². The number of furan rings is 1. The Morgan fingerprint density at radius 1 is 1.15 bits per heavy atom. The van der Waals surface area contributed by atoms with Crippen molar-refractivity contribution in [3.63, 3.8) is 0 Å². The molecule has 1 N–H and O–H groups in total. The van der Waals surface area contributed by atoms with E-state index < -0.39 is 6.04 Å². The second kappa shape index (κ2) is 9.68. The highest BCUT2D eigenvalue weighted by atomic mass is 35.5. The molecule has 170 valence electrons. The van der Waals surface area contributed by atoms with E-state index in [9.17, 15) is 9.59 Å². The van der Waals surface area contributed by atoms with Crippen LogP contribution in [0.4, 0.5) is 10.5 Å². The van der Waals surface area contributed by atoms with Gasteiger partial charge in [0.1, 0.15) is 11.6 Å². The topological polar surface area (TPSA) is 80.4 Å². The molecule has 0 fully saturated rings. The fourth-order valence-electron chi connectivity index (χ4n) is 3.74. The van der Waals surface area contributed by atoms with Gasteiger partial charge in [-0.15, -0.1) is 0 Å². The number of hydrogen-bond donors (Lipinski definition) is 1. The van der Waals surface area contributed by atoms with Crippen LogP contribution in [0.15, 0.2) is 70.1 Å². The number of para-hydroxylation sites is 1. The van der Waals surface area contributed by atoms with Crippen LogP contribution in [0, 0.1) is 0 Å². The predicted molar refractivity (Wildman–Crippen MR) is 130 cm³/mol. The third-order valence-electron chi connectivity index (χ3n) is 5.42. The van der Waals surface area contributed by atoms with Crippen LogP contribution in [0.2, 0.25) is 10.0 Å². The highest BCUT2D eigenvalue weighted by Crippen LogP contribution is 2.28. The Hall–Kier alpha value is -3.29. The van der Waals surface area contributed by atoms with Crippen molar-refractivity contribution in [3.8, 4) is 0 Å². The van der Waals surface area contributed by atoms with Crippen molar-refractivity contribution in [2.24, 2.45) is 7.05 Å². The predicted octanol–water partition coefficient (Wildman–Crippen LogP) is 6.02. The van der Waals surface area contributed by atoms with E-state index in [1.54, 1.807) is 66.7 Å². The zero-order valence-corrected chi connectivity index (χ0v) is 19.6. The summed E-state index contributed by atoms with van der Waals surface area (Å²) >= 11 is 12.1. The van der Waals surface area contributed by atoms with Crippen molar-refractivity contribution in [1.29, 1.82) is 0 Å². The summed E-state index contributed by atoms with van der Waals surface area (Å²) in [5.41, 5.74) is 0.905. The normalized spacial score (nSPS) is 12.0. The van der Waals surface area contributed by atoms with Gasteiger partial charge >= 0.3 is 6.03 Å².